The predicted octanol–water partition coefficient (Wildman–Crippen LogP) is 3.81. The van der Waals surface area contributed by atoms with Crippen molar-refractivity contribution in [2.45, 2.75) is 39.3 Å². The van der Waals surface area contributed by atoms with Crippen LogP contribution in [0.5, 0.6) is 6.01 Å². The summed E-state index contributed by atoms with van der Waals surface area (Å²) in [6.45, 7) is 8.55. The average Bonchev–Trinajstić information content (AvgIpc) is 3.34. The number of alkyl halides is 1. The van der Waals surface area contributed by atoms with Gasteiger partial charge in [0.2, 0.25) is 0 Å². The van der Waals surface area contributed by atoms with Gasteiger partial charge in [-0.3, -0.25) is 4.39 Å². The van der Waals surface area contributed by atoms with Gasteiger partial charge in [0.05, 0.1) is 23.0 Å². The van der Waals surface area contributed by atoms with Crippen LogP contribution in [0.4, 0.5) is 20.4 Å². The summed E-state index contributed by atoms with van der Waals surface area (Å²) in [6.07, 6.45) is 0.666. The number of halogens is 3. The Kier molecular flexibility index (Phi) is 7.33. The Balaban J connectivity index is 1.63. The van der Waals surface area contributed by atoms with Crippen LogP contribution in [0.2, 0.25) is 5.02 Å². The second kappa shape index (κ2) is 10.5. The van der Waals surface area contributed by atoms with E-state index in [4.69, 9.17) is 27.1 Å². The lowest BCUT2D eigenvalue weighted by Crippen LogP contribution is -2.50. The predicted molar refractivity (Wildman–Crippen MR) is 143 cm³/mol. The highest BCUT2D eigenvalue weighted by Gasteiger charge is 2.28. The first-order valence-electron chi connectivity index (χ1n) is 12.6. The third-order valence-electron chi connectivity index (χ3n) is 7.35. The van der Waals surface area contributed by atoms with Crippen LogP contribution in [0, 0.1) is 25.6 Å². The molecule has 0 radical (unpaired) electrons. The molecule has 2 aliphatic rings. The lowest BCUT2D eigenvalue weighted by molar-refractivity contribution is 0.253. The molecule has 0 aliphatic carbocycles. The molecule has 0 saturated carbocycles. The van der Waals surface area contributed by atoms with Crippen molar-refractivity contribution < 1.29 is 13.5 Å². The summed E-state index contributed by atoms with van der Waals surface area (Å²) in [7, 11) is 0. The zero-order chi connectivity index (χ0) is 26.3. The summed E-state index contributed by atoms with van der Waals surface area (Å²) in [6, 6.07) is 3.61. The minimum Gasteiger partial charge on any atom is -0.462 e. The third kappa shape index (κ3) is 5.02. The van der Waals surface area contributed by atoms with Crippen LogP contribution in [-0.4, -0.2) is 66.5 Å². The molecule has 2 aromatic heterocycles. The van der Waals surface area contributed by atoms with Gasteiger partial charge in [-0.25, -0.2) is 9.37 Å². The Morgan fingerprint density at radius 2 is 2.03 bits per heavy atom. The maximum atomic E-state index is 16.3. The molecule has 3 aromatic rings. The number of aromatic nitrogens is 3. The van der Waals surface area contributed by atoms with E-state index in [1.54, 1.807) is 12.1 Å². The van der Waals surface area contributed by atoms with Crippen LogP contribution in [0.25, 0.3) is 22.2 Å². The summed E-state index contributed by atoms with van der Waals surface area (Å²) < 4.78 is 35.3. The Morgan fingerprint density at radius 3 is 2.76 bits per heavy atom. The maximum Gasteiger partial charge on any atom is 0.319 e. The van der Waals surface area contributed by atoms with Gasteiger partial charge in [-0.15, -0.1) is 0 Å². The molecule has 11 heteroatoms. The van der Waals surface area contributed by atoms with Gasteiger partial charge in [0.15, 0.2) is 5.82 Å². The fraction of sp³-hybridized carbons (Fsp3) is 0.500. The summed E-state index contributed by atoms with van der Waals surface area (Å²) in [5, 5.41) is 7.34. The number of nitrogens with two attached hydrogens (primary N) is 1. The fourth-order valence-electron chi connectivity index (χ4n) is 5.14. The molecule has 2 saturated heterocycles. The van der Waals surface area contributed by atoms with Crippen LogP contribution in [0.15, 0.2) is 12.1 Å². The number of nitrogens with one attached hydrogen (secondary N) is 2. The van der Waals surface area contributed by atoms with E-state index >= 15 is 4.39 Å². The molecule has 4 heterocycles. The van der Waals surface area contributed by atoms with Crippen LogP contribution < -0.4 is 26.0 Å². The first kappa shape index (κ1) is 25.8. The number of piperazine rings is 1. The van der Waals surface area contributed by atoms with E-state index in [1.807, 2.05) is 13.8 Å². The number of nitrogen functional groups attached to an aromatic ring is 1. The zero-order valence-corrected chi connectivity index (χ0v) is 22.0. The molecule has 2 aliphatic heterocycles. The summed E-state index contributed by atoms with van der Waals surface area (Å²) >= 11 is 6.70. The van der Waals surface area contributed by atoms with Crippen molar-refractivity contribution >= 4 is 34.1 Å². The van der Waals surface area contributed by atoms with E-state index in [0.29, 0.717) is 36.4 Å². The lowest BCUT2D eigenvalue weighted by atomic mass is 10.0. The van der Waals surface area contributed by atoms with Crippen molar-refractivity contribution in [2.24, 2.45) is 5.92 Å². The first-order valence-corrected chi connectivity index (χ1v) is 13.0. The lowest BCUT2D eigenvalue weighted by Gasteiger charge is -2.35. The standard InChI is InChI=1S/C26H32ClF2N7O/c1-13-6-20(30)33-23(15(13)3)21-19(27)8-18-24(22(21)29)34-26(37-12-17-7-16(9-28)11-32-17)35-25(18)36-5-4-31-10-14(36)2/h6,8,14,16-17,31-32H,4-5,7,9-12H2,1-3H3,(H2,30,33)/t14-,16-,17-/m0/s1. The molecule has 37 heavy (non-hydrogen) atoms. The molecule has 0 spiro atoms. The second-order valence-corrected chi connectivity index (χ2v) is 10.4. The van der Waals surface area contributed by atoms with Crippen LogP contribution >= 0.6 is 11.6 Å². The number of aryl methyl sites for hydroxylation is 1. The average molecular weight is 532 g/mol. The molecule has 8 nitrogen and oxygen atoms in total. The van der Waals surface area contributed by atoms with Crippen LogP contribution in [0.1, 0.15) is 24.5 Å². The minimum absolute atomic E-state index is 0.0191. The third-order valence-corrected chi connectivity index (χ3v) is 7.65. The van der Waals surface area contributed by atoms with Gasteiger partial charge < -0.3 is 26.0 Å². The molecule has 3 atom stereocenters. The summed E-state index contributed by atoms with van der Waals surface area (Å²) in [4.78, 5) is 15.7. The van der Waals surface area contributed by atoms with Crippen molar-refractivity contribution in [1.29, 1.82) is 0 Å². The van der Waals surface area contributed by atoms with E-state index in [-0.39, 0.29) is 59.2 Å². The highest BCUT2D eigenvalue weighted by Crippen LogP contribution is 2.40. The minimum atomic E-state index is -0.601. The molecule has 5 rings (SSSR count). The SMILES string of the molecule is Cc1cc(N)nc(-c2c(Cl)cc3c(N4CCNC[C@@H]4C)nc(OC[C@@H]4C[C@@H](CF)CN4)nc3c2F)c1C. The normalized spacial score (nSPS) is 22.1. The monoisotopic (exact) mass is 531 g/mol. The molecule has 0 amide bonds. The fourth-order valence-corrected chi connectivity index (χ4v) is 5.43. The number of fused-ring (bicyclic) bond motifs is 1. The summed E-state index contributed by atoms with van der Waals surface area (Å²) in [5.41, 5.74) is 8.30. The number of ether oxygens (including phenoxy) is 1. The number of hydrogen-bond acceptors (Lipinski definition) is 8. The Bertz CT molecular complexity index is 1320. The maximum absolute atomic E-state index is 16.3. The molecule has 1 aromatic carbocycles. The number of pyridine rings is 1. The number of rotatable bonds is 6. The molecule has 0 bridgehead atoms. The van der Waals surface area contributed by atoms with E-state index in [9.17, 15) is 4.39 Å². The van der Waals surface area contributed by atoms with Gasteiger partial charge in [-0.1, -0.05) is 11.6 Å². The second-order valence-electron chi connectivity index (χ2n) is 10.0. The van der Waals surface area contributed by atoms with Crippen LogP contribution in [-0.2, 0) is 0 Å². The quantitative estimate of drug-likeness (QED) is 0.441. The Labute approximate surface area is 220 Å². The molecule has 0 unspecified atom stereocenters. The van der Waals surface area contributed by atoms with E-state index in [0.717, 1.165) is 24.2 Å². The van der Waals surface area contributed by atoms with Crippen molar-refractivity contribution in [1.82, 2.24) is 25.6 Å². The van der Waals surface area contributed by atoms with Crippen molar-refractivity contribution in [3.8, 4) is 17.3 Å². The van der Waals surface area contributed by atoms with Gasteiger partial charge in [-0.2, -0.15) is 9.97 Å². The Hall–Kier alpha value is -2.82. The van der Waals surface area contributed by atoms with E-state index < -0.39 is 5.82 Å². The molecular weight excluding hydrogens is 500 g/mol. The van der Waals surface area contributed by atoms with Gasteiger partial charge in [0.1, 0.15) is 23.8 Å². The highest BCUT2D eigenvalue weighted by molar-refractivity contribution is 6.34. The van der Waals surface area contributed by atoms with Gasteiger partial charge in [-0.05, 0) is 50.5 Å². The number of nitrogens with zero attached hydrogens (tertiary/aromatic N) is 4. The Morgan fingerprint density at radius 1 is 1.22 bits per heavy atom. The molecular formula is C26H32ClF2N7O. The smallest absolute Gasteiger partial charge is 0.319 e. The number of hydrogen-bond donors (Lipinski definition) is 3. The molecule has 2 fully saturated rings. The van der Waals surface area contributed by atoms with Crippen molar-refractivity contribution in [3.63, 3.8) is 0 Å². The van der Waals surface area contributed by atoms with Crippen molar-refractivity contribution in [3.05, 3.63) is 34.1 Å². The largest absolute Gasteiger partial charge is 0.462 e. The molecule has 4 N–H and O–H groups in total. The van der Waals surface area contributed by atoms with Gasteiger partial charge in [0.25, 0.3) is 0 Å². The van der Waals surface area contributed by atoms with Gasteiger partial charge >= 0.3 is 6.01 Å². The number of benzene rings is 1. The zero-order valence-electron chi connectivity index (χ0n) is 21.2. The number of anilines is 2. The van der Waals surface area contributed by atoms with Crippen molar-refractivity contribution in [2.75, 3.05) is 50.1 Å². The van der Waals surface area contributed by atoms with E-state index in [1.165, 1.54) is 0 Å². The first-order chi connectivity index (χ1) is 17.8. The topological polar surface area (TPSA) is 101 Å². The van der Waals surface area contributed by atoms with E-state index in [2.05, 4.69) is 32.4 Å². The highest BCUT2D eigenvalue weighted by atomic mass is 35.5. The van der Waals surface area contributed by atoms with Gasteiger partial charge in [0, 0.05) is 49.6 Å². The van der Waals surface area contributed by atoms with Crippen LogP contribution in [0.3, 0.4) is 0 Å². The summed E-state index contributed by atoms with van der Waals surface area (Å²) in [5.74, 6) is 0.223. The molecule has 198 valence electrons.